The van der Waals surface area contributed by atoms with Crippen LogP contribution < -0.4 is 10.2 Å². The number of nitrogens with one attached hydrogen (secondary N) is 1. The molecule has 0 aromatic carbocycles. The highest BCUT2D eigenvalue weighted by molar-refractivity contribution is 5.78. The molecule has 132 valence electrons. The van der Waals surface area contributed by atoms with E-state index in [-0.39, 0.29) is 0 Å². The van der Waals surface area contributed by atoms with Crippen molar-refractivity contribution in [2.75, 3.05) is 57.0 Å². The van der Waals surface area contributed by atoms with E-state index in [1.54, 1.807) is 6.33 Å². The third-order valence-electron chi connectivity index (χ3n) is 4.91. The first kappa shape index (κ1) is 17.0. The summed E-state index contributed by atoms with van der Waals surface area (Å²) in [5.74, 6) is 2.14. The van der Waals surface area contributed by atoms with Crippen LogP contribution in [-0.4, -0.2) is 78.5 Å². The van der Waals surface area contributed by atoms with Gasteiger partial charge < -0.3 is 20.0 Å². The van der Waals surface area contributed by atoms with Crippen LogP contribution in [0.1, 0.15) is 25.7 Å². The molecule has 1 aromatic rings. The number of piperidine rings is 1. The number of rotatable bonds is 6. The largest absolute Gasteiger partial charge is 0.367 e. The molecule has 2 aliphatic rings. The third-order valence-corrected chi connectivity index (χ3v) is 4.91. The number of hydrogen-bond acceptors (Lipinski definition) is 6. The van der Waals surface area contributed by atoms with Gasteiger partial charge in [-0.25, -0.2) is 9.97 Å². The third kappa shape index (κ3) is 4.35. The van der Waals surface area contributed by atoms with Gasteiger partial charge in [-0.05, 0) is 19.3 Å². The Bertz CT molecular complexity index is 556. The fourth-order valence-electron chi connectivity index (χ4n) is 3.38. The molecule has 0 radical (unpaired) electrons. The summed E-state index contributed by atoms with van der Waals surface area (Å²) >= 11 is 0. The van der Waals surface area contributed by atoms with Gasteiger partial charge in [0.2, 0.25) is 5.91 Å². The summed E-state index contributed by atoms with van der Waals surface area (Å²) in [6.45, 7) is 4.97. The zero-order valence-corrected chi connectivity index (χ0v) is 14.7. The quantitative estimate of drug-likeness (QED) is 0.840. The second kappa shape index (κ2) is 7.79. The van der Waals surface area contributed by atoms with Gasteiger partial charge in [0, 0.05) is 65.3 Å². The second-order valence-corrected chi connectivity index (χ2v) is 6.90. The smallest absolute Gasteiger partial charge is 0.222 e. The Morgan fingerprint density at radius 2 is 2.00 bits per heavy atom. The van der Waals surface area contributed by atoms with Gasteiger partial charge in [-0.1, -0.05) is 0 Å². The maximum atomic E-state index is 11.7. The SMILES string of the molecule is CN(C)c1cc(NC2CCN(CCN3CCCC3=O)CC2)ncn1. The summed E-state index contributed by atoms with van der Waals surface area (Å²) in [6.07, 6.45) is 5.59. The predicted octanol–water partition coefficient (Wildman–Crippen LogP) is 1.04. The van der Waals surface area contributed by atoms with Crippen LogP contribution in [0, 0.1) is 0 Å². The number of nitrogens with zero attached hydrogens (tertiary/aromatic N) is 5. The lowest BCUT2D eigenvalue weighted by Crippen LogP contribution is -2.43. The number of carbonyl (C=O) groups excluding carboxylic acids is 1. The second-order valence-electron chi connectivity index (χ2n) is 6.90. The molecule has 0 atom stereocenters. The van der Waals surface area contributed by atoms with Crippen LogP contribution in [0.15, 0.2) is 12.4 Å². The van der Waals surface area contributed by atoms with E-state index in [1.165, 1.54) is 0 Å². The van der Waals surface area contributed by atoms with Gasteiger partial charge in [0.25, 0.3) is 0 Å². The van der Waals surface area contributed by atoms with Gasteiger partial charge in [0.1, 0.15) is 18.0 Å². The molecule has 7 nitrogen and oxygen atoms in total. The molecule has 2 fully saturated rings. The highest BCUT2D eigenvalue weighted by atomic mass is 16.2. The van der Waals surface area contributed by atoms with Crippen molar-refractivity contribution in [2.24, 2.45) is 0 Å². The molecule has 1 N–H and O–H groups in total. The summed E-state index contributed by atoms with van der Waals surface area (Å²) in [5.41, 5.74) is 0. The maximum absolute atomic E-state index is 11.7. The minimum absolute atomic E-state index is 0.326. The predicted molar refractivity (Wildman–Crippen MR) is 95.3 cm³/mol. The number of anilines is 2. The molecule has 2 aliphatic heterocycles. The van der Waals surface area contributed by atoms with Crippen LogP contribution in [0.4, 0.5) is 11.6 Å². The van der Waals surface area contributed by atoms with E-state index in [4.69, 9.17) is 0 Å². The van der Waals surface area contributed by atoms with E-state index in [9.17, 15) is 4.79 Å². The van der Waals surface area contributed by atoms with E-state index >= 15 is 0 Å². The fraction of sp³-hybridized carbons (Fsp3) is 0.706. The molecule has 1 amide bonds. The first-order valence-electron chi connectivity index (χ1n) is 8.88. The van der Waals surface area contributed by atoms with Gasteiger partial charge in [-0.15, -0.1) is 0 Å². The van der Waals surface area contributed by atoms with E-state index < -0.39 is 0 Å². The van der Waals surface area contributed by atoms with Gasteiger partial charge in [0.15, 0.2) is 0 Å². The summed E-state index contributed by atoms with van der Waals surface area (Å²) in [7, 11) is 3.96. The Kier molecular flexibility index (Phi) is 5.50. The van der Waals surface area contributed by atoms with Crippen LogP contribution in [0.25, 0.3) is 0 Å². The lowest BCUT2D eigenvalue weighted by molar-refractivity contribution is -0.127. The normalized spacial score (nSPS) is 19.8. The minimum Gasteiger partial charge on any atom is -0.367 e. The first-order chi connectivity index (χ1) is 11.6. The zero-order valence-electron chi connectivity index (χ0n) is 14.7. The molecule has 3 rings (SSSR count). The van der Waals surface area contributed by atoms with Gasteiger partial charge >= 0.3 is 0 Å². The monoisotopic (exact) mass is 332 g/mol. The topological polar surface area (TPSA) is 64.6 Å². The van der Waals surface area contributed by atoms with Gasteiger partial charge in [-0.3, -0.25) is 4.79 Å². The highest BCUT2D eigenvalue weighted by Gasteiger charge is 2.23. The minimum atomic E-state index is 0.326. The Morgan fingerprint density at radius 3 is 2.67 bits per heavy atom. The fourth-order valence-corrected chi connectivity index (χ4v) is 3.38. The Hall–Kier alpha value is -1.89. The number of amides is 1. The summed E-state index contributed by atoms with van der Waals surface area (Å²) in [4.78, 5) is 26.7. The lowest BCUT2D eigenvalue weighted by Gasteiger charge is -2.33. The standard InChI is InChI=1S/C17H28N6O/c1-21(2)16-12-15(18-13-19-16)20-14-5-8-22(9-6-14)10-11-23-7-3-4-17(23)24/h12-14H,3-11H2,1-2H3,(H,18,19,20). The van der Waals surface area contributed by atoms with Crippen LogP contribution in [0.3, 0.4) is 0 Å². The average Bonchev–Trinajstić information content (AvgIpc) is 2.99. The van der Waals surface area contributed by atoms with Crippen LogP contribution in [0.2, 0.25) is 0 Å². The molecule has 0 bridgehead atoms. The Labute approximate surface area is 144 Å². The van der Waals surface area contributed by atoms with Crippen LogP contribution in [-0.2, 0) is 4.79 Å². The van der Waals surface area contributed by atoms with Crippen LogP contribution in [0.5, 0.6) is 0 Å². The molecular weight excluding hydrogens is 304 g/mol. The van der Waals surface area contributed by atoms with E-state index in [0.29, 0.717) is 11.9 Å². The van der Waals surface area contributed by atoms with E-state index in [0.717, 1.165) is 70.0 Å². The van der Waals surface area contributed by atoms with E-state index in [2.05, 4.69) is 20.2 Å². The zero-order chi connectivity index (χ0) is 16.9. The summed E-state index contributed by atoms with van der Waals surface area (Å²) in [6, 6.07) is 2.45. The Morgan fingerprint density at radius 1 is 1.21 bits per heavy atom. The van der Waals surface area contributed by atoms with E-state index in [1.807, 2.05) is 30.0 Å². The molecule has 2 saturated heterocycles. The van der Waals surface area contributed by atoms with Crippen LogP contribution >= 0.6 is 0 Å². The molecule has 0 unspecified atom stereocenters. The number of hydrogen-bond donors (Lipinski definition) is 1. The number of aromatic nitrogens is 2. The van der Waals surface area contributed by atoms with Crippen molar-refractivity contribution in [2.45, 2.75) is 31.7 Å². The summed E-state index contributed by atoms with van der Waals surface area (Å²) in [5, 5.41) is 3.53. The molecule has 3 heterocycles. The first-order valence-corrected chi connectivity index (χ1v) is 8.88. The molecule has 7 heteroatoms. The highest BCUT2D eigenvalue weighted by Crippen LogP contribution is 2.18. The van der Waals surface area contributed by atoms with Crippen molar-refractivity contribution >= 4 is 17.5 Å². The lowest BCUT2D eigenvalue weighted by atomic mass is 10.1. The molecule has 0 aliphatic carbocycles. The van der Waals surface area contributed by atoms with Crippen molar-refractivity contribution in [3.63, 3.8) is 0 Å². The van der Waals surface area contributed by atoms with Crippen molar-refractivity contribution in [3.8, 4) is 0 Å². The van der Waals surface area contributed by atoms with Gasteiger partial charge in [-0.2, -0.15) is 0 Å². The maximum Gasteiger partial charge on any atom is 0.222 e. The molecular formula is C17H28N6O. The molecule has 0 spiro atoms. The van der Waals surface area contributed by atoms with Crippen molar-refractivity contribution in [1.82, 2.24) is 19.8 Å². The number of carbonyl (C=O) groups is 1. The Balaban J connectivity index is 1.42. The molecule has 24 heavy (non-hydrogen) atoms. The van der Waals surface area contributed by atoms with Crippen molar-refractivity contribution in [1.29, 1.82) is 0 Å². The summed E-state index contributed by atoms with van der Waals surface area (Å²) < 4.78 is 0. The molecule has 1 aromatic heterocycles. The average molecular weight is 332 g/mol. The molecule has 0 saturated carbocycles. The van der Waals surface area contributed by atoms with Crippen molar-refractivity contribution in [3.05, 3.63) is 12.4 Å². The number of likely N-dealkylation sites (tertiary alicyclic amines) is 2. The van der Waals surface area contributed by atoms with Crippen molar-refractivity contribution < 1.29 is 4.79 Å². The van der Waals surface area contributed by atoms with Gasteiger partial charge in [0.05, 0.1) is 0 Å².